The van der Waals surface area contributed by atoms with Crippen LogP contribution in [0.25, 0.3) is 0 Å². The number of hydrogen-bond donors (Lipinski definition) is 1. The van der Waals surface area contributed by atoms with E-state index in [1.54, 1.807) is 0 Å². The van der Waals surface area contributed by atoms with Crippen molar-refractivity contribution < 1.29 is 14.3 Å². The maximum absolute atomic E-state index is 11.5. The molecule has 1 amide bonds. The second-order valence-electron chi connectivity index (χ2n) is 6.33. The highest BCUT2D eigenvalue weighted by atomic mass is 16.5. The monoisotopic (exact) mass is 339 g/mol. The molecule has 24 heavy (non-hydrogen) atoms. The average Bonchev–Trinajstić information content (AvgIpc) is 2.58. The molecule has 0 aliphatic rings. The van der Waals surface area contributed by atoms with Gasteiger partial charge in [0.1, 0.15) is 0 Å². The van der Waals surface area contributed by atoms with E-state index in [0.717, 1.165) is 25.7 Å². The van der Waals surface area contributed by atoms with Gasteiger partial charge >= 0.3 is 5.97 Å². The fraction of sp³-hybridized carbons (Fsp3) is 0.800. The first-order valence-corrected chi connectivity index (χ1v) is 9.83. The highest BCUT2D eigenvalue weighted by molar-refractivity contribution is 5.94. The number of carbonyl (C=O) groups is 2. The first-order valence-electron chi connectivity index (χ1n) is 9.83. The Hall–Kier alpha value is -1.32. The SMILES string of the molecule is CCCCCCCCCCCCNC(=O)/C=C/C(=O)OCCCC. The van der Waals surface area contributed by atoms with E-state index < -0.39 is 5.97 Å². The van der Waals surface area contributed by atoms with Crippen molar-refractivity contribution in [2.75, 3.05) is 13.2 Å². The summed E-state index contributed by atoms with van der Waals surface area (Å²) in [6.45, 7) is 5.36. The van der Waals surface area contributed by atoms with E-state index in [9.17, 15) is 9.59 Å². The zero-order chi connectivity index (χ0) is 17.9. The summed E-state index contributed by atoms with van der Waals surface area (Å²) in [6, 6.07) is 0. The van der Waals surface area contributed by atoms with Crippen LogP contribution in [0.3, 0.4) is 0 Å². The van der Waals surface area contributed by atoms with Crippen molar-refractivity contribution in [3.8, 4) is 0 Å². The number of amides is 1. The summed E-state index contributed by atoms with van der Waals surface area (Å²) in [6.07, 6.45) is 17.1. The second kappa shape index (κ2) is 18.0. The van der Waals surface area contributed by atoms with Crippen LogP contribution in [0.5, 0.6) is 0 Å². The fourth-order valence-electron chi connectivity index (χ4n) is 2.39. The Kier molecular flexibility index (Phi) is 17.0. The van der Waals surface area contributed by atoms with Crippen LogP contribution >= 0.6 is 0 Å². The molecule has 0 atom stereocenters. The van der Waals surface area contributed by atoms with Crippen molar-refractivity contribution in [3.63, 3.8) is 0 Å². The van der Waals surface area contributed by atoms with E-state index in [2.05, 4.69) is 12.2 Å². The lowest BCUT2D eigenvalue weighted by Gasteiger charge is -2.03. The van der Waals surface area contributed by atoms with Crippen molar-refractivity contribution in [1.29, 1.82) is 0 Å². The maximum Gasteiger partial charge on any atom is 0.330 e. The van der Waals surface area contributed by atoms with Crippen LogP contribution in [0.4, 0.5) is 0 Å². The zero-order valence-electron chi connectivity index (χ0n) is 15.8. The molecule has 140 valence electrons. The molecule has 0 spiro atoms. The second-order valence-corrected chi connectivity index (χ2v) is 6.33. The predicted octanol–water partition coefficient (Wildman–Crippen LogP) is 4.92. The summed E-state index contributed by atoms with van der Waals surface area (Å²) in [5.74, 6) is -0.670. The molecule has 4 nitrogen and oxygen atoms in total. The van der Waals surface area contributed by atoms with Crippen molar-refractivity contribution in [3.05, 3.63) is 12.2 Å². The molecular weight excluding hydrogens is 302 g/mol. The van der Waals surface area contributed by atoms with Crippen LogP contribution < -0.4 is 5.32 Å². The van der Waals surface area contributed by atoms with Gasteiger partial charge in [0.05, 0.1) is 6.61 Å². The third kappa shape index (κ3) is 17.0. The first-order chi connectivity index (χ1) is 11.7. The maximum atomic E-state index is 11.5. The molecule has 4 heteroatoms. The van der Waals surface area contributed by atoms with E-state index in [4.69, 9.17) is 4.74 Å². The highest BCUT2D eigenvalue weighted by Crippen LogP contribution is 2.10. The van der Waals surface area contributed by atoms with Crippen LogP contribution in [0.15, 0.2) is 12.2 Å². The minimum atomic E-state index is -0.447. The minimum Gasteiger partial charge on any atom is -0.463 e. The number of nitrogens with one attached hydrogen (secondary N) is 1. The molecule has 0 saturated heterocycles. The van der Waals surface area contributed by atoms with E-state index >= 15 is 0 Å². The standard InChI is InChI=1S/C20H37NO3/c1-3-5-7-8-9-10-11-12-13-14-17-21-19(22)15-16-20(23)24-18-6-4-2/h15-16H,3-14,17-18H2,1-2H3,(H,21,22)/b16-15+. The number of unbranched alkanes of at least 4 members (excludes halogenated alkanes) is 10. The zero-order valence-corrected chi connectivity index (χ0v) is 15.8. The molecule has 0 saturated carbocycles. The van der Waals surface area contributed by atoms with Gasteiger partial charge in [0.15, 0.2) is 0 Å². The van der Waals surface area contributed by atoms with E-state index in [1.807, 2.05) is 6.92 Å². The molecule has 0 aliphatic heterocycles. The fourth-order valence-corrected chi connectivity index (χ4v) is 2.39. The van der Waals surface area contributed by atoms with Gasteiger partial charge in [0.25, 0.3) is 0 Å². The summed E-state index contributed by atoms with van der Waals surface area (Å²) in [5.41, 5.74) is 0. The molecular formula is C20H37NO3. The molecule has 0 aromatic heterocycles. The minimum absolute atomic E-state index is 0.224. The van der Waals surface area contributed by atoms with Gasteiger partial charge in [0, 0.05) is 18.7 Å². The molecule has 0 radical (unpaired) electrons. The summed E-state index contributed by atoms with van der Waals surface area (Å²) in [5, 5.41) is 2.80. The van der Waals surface area contributed by atoms with E-state index in [1.165, 1.54) is 63.5 Å². The molecule has 0 bridgehead atoms. The summed E-state index contributed by atoms with van der Waals surface area (Å²) < 4.78 is 4.94. The number of hydrogen-bond acceptors (Lipinski definition) is 3. The van der Waals surface area contributed by atoms with Gasteiger partial charge in [-0.2, -0.15) is 0 Å². The molecule has 0 aliphatic carbocycles. The average molecular weight is 340 g/mol. The normalized spacial score (nSPS) is 10.9. The van der Waals surface area contributed by atoms with Crippen LogP contribution in [-0.2, 0) is 14.3 Å². The van der Waals surface area contributed by atoms with Crippen molar-refractivity contribution in [1.82, 2.24) is 5.32 Å². The quantitative estimate of drug-likeness (QED) is 0.247. The van der Waals surface area contributed by atoms with Gasteiger partial charge in [0.2, 0.25) is 5.91 Å². The van der Waals surface area contributed by atoms with Crippen LogP contribution in [0.2, 0.25) is 0 Å². The Labute approximate surface area is 148 Å². The van der Waals surface area contributed by atoms with Crippen molar-refractivity contribution in [2.45, 2.75) is 90.9 Å². The number of rotatable bonds is 16. The third-order valence-corrected chi connectivity index (χ3v) is 3.94. The number of carbonyl (C=O) groups excluding carboxylic acids is 2. The van der Waals surface area contributed by atoms with Gasteiger partial charge in [-0.3, -0.25) is 4.79 Å². The van der Waals surface area contributed by atoms with Gasteiger partial charge in [-0.1, -0.05) is 78.1 Å². The lowest BCUT2D eigenvalue weighted by Crippen LogP contribution is -2.22. The molecule has 0 aromatic rings. The smallest absolute Gasteiger partial charge is 0.330 e. The Morgan fingerprint density at radius 1 is 0.750 bits per heavy atom. The van der Waals surface area contributed by atoms with Crippen LogP contribution in [0.1, 0.15) is 90.9 Å². The lowest BCUT2D eigenvalue weighted by atomic mass is 10.1. The number of esters is 1. The van der Waals surface area contributed by atoms with Gasteiger partial charge < -0.3 is 10.1 Å². The summed E-state index contributed by atoms with van der Waals surface area (Å²) in [7, 11) is 0. The molecule has 0 rings (SSSR count). The molecule has 0 heterocycles. The van der Waals surface area contributed by atoms with Gasteiger partial charge in [-0.25, -0.2) is 4.79 Å². The first kappa shape index (κ1) is 22.7. The third-order valence-electron chi connectivity index (χ3n) is 3.94. The molecule has 0 fully saturated rings. The van der Waals surface area contributed by atoms with Crippen LogP contribution in [-0.4, -0.2) is 25.0 Å². The van der Waals surface area contributed by atoms with Crippen LogP contribution in [0, 0.1) is 0 Å². The van der Waals surface area contributed by atoms with Gasteiger partial charge in [-0.05, 0) is 12.8 Å². The molecule has 0 unspecified atom stereocenters. The molecule has 0 aromatic carbocycles. The Bertz CT molecular complexity index is 340. The number of ether oxygens (including phenoxy) is 1. The Balaban J connectivity index is 3.38. The Morgan fingerprint density at radius 3 is 1.88 bits per heavy atom. The highest BCUT2D eigenvalue weighted by Gasteiger charge is 1.99. The van der Waals surface area contributed by atoms with E-state index in [0.29, 0.717) is 13.2 Å². The summed E-state index contributed by atoms with van der Waals surface area (Å²) in [4.78, 5) is 22.8. The predicted molar refractivity (Wildman–Crippen MR) is 99.9 cm³/mol. The van der Waals surface area contributed by atoms with Crippen molar-refractivity contribution >= 4 is 11.9 Å². The Morgan fingerprint density at radius 2 is 1.29 bits per heavy atom. The molecule has 1 N–H and O–H groups in total. The van der Waals surface area contributed by atoms with Gasteiger partial charge in [-0.15, -0.1) is 0 Å². The topological polar surface area (TPSA) is 55.4 Å². The van der Waals surface area contributed by atoms with E-state index in [-0.39, 0.29) is 5.91 Å². The lowest BCUT2D eigenvalue weighted by molar-refractivity contribution is -0.138. The largest absolute Gasteiger partial charge is 0.463 e. The summed E-state index contributed by atoms with van der Waals surface area (Å²) >= 11 is 0. The van der Waals surface area contributed by atoms with Crippen molar-refractivity contribution in [2.24, 2.45) is 0 Å².